The Labute approximate surface area is 38.0 Å². The van der Waals surface area contributed by atoms with Crippen molar-refractivity contribution in [2.75, 3.05) is 7.05 Å². The van der Waals surface area contributed by atoms with Crippen molar-refractivity contribution in [2.24, 2.45) is 5.73 Å². The fraction of sp³-hybridized carbons (Fsp3) is 0.500. The molecule has 3 N–H and O–H groups in total. The fourth-order valence-corrected chi connectivity index (χ4v) is 0.144. The van der Waals surface area contributed by atoms with E-state index < -0.39 is 0 Å². The van der Waals surface area contributed by atoms with E-state index in [1.54, 1.807) is 13.1 Å². The summed E-state index contributed by atoms with van der Waals surface area (Å²) >= 11 is 0. The van der Waals surface area contributed by atoms with Gasteiger partial charge in [0.2, 0.25) is 0 Å². The van der Waals surface area contributed by atoms with Crippen LogP contribution in [0.3, 0.4) is 0 Å². The fourth-order valence-electron chi connectivity index (χ4n) is 0.144. The second kappa shape index (κ2) is 2.57. The Balaban J connectivity index is 3.22. The Kier molecular flexibility index (Phi) is 2.29. The molecule has 2 nitrogen and oxygen atoms in total. The van der Waals surface area contributed by atoms with Crippen LogP contribution in [0.5, 0.6) is 0 Å². The van der Waals surface area contributed by atoms with Gasteiger partial charge >= 0.3 is 0 Å². The standard InChI is InChI=1S/C4H10N2/c1-3-4(5)6-2/h3,6H,5H2,1-2H3/b4-3+. The zero-order valence-corrected chi connectivity index (χ0v) is 4.15. The molecule has 0 fully saturated rings. The highest BCUT2D eigenvalue weighted by molar-refractivity contribution is 4.88. The normalized spacial score (nSPS) is 11.3. The van der Waals surface area contributed by atoms with E-state index in [-0.39, 0.29) is 0 Å². The van der Waals surface area contributed by atoms with Gasteiger partial charge in [-0.05, 0) is 13.0 Å². The van der Waals surface area contributed by atoms with Crippen LogP contribution < -0.4 is 11.1 Å². The maximum Gasteiger partial charge on any atom is 0.0913 e. The number of hydrogen-bond donors (Lipinski definition) is 2. The SMILES string of the molecule is C/C=C(\N)NC. The van der Waals surface area contributed by atoms with Crippen molar-refractivity contribution in [3.8, 4) is 0 Å². The zero-order chi connectivity index (χ0) is 4.99. The van der Waals surface area contributed by atoms with E-state index in [0.717, 1.165) is 5.82 Å². The van der Waals surface area contributed by atoms with E-state index in [2.05, 4.69) is 5.32 Å². The molecule has 0 heterocycles. The summed E-state index contributed by atoms with van der Waals surface area (Å²) in [5, 5.41) is 2.75. The van der Waals surface area contributed by atoms with Crippen LogP contribution in [0.25, 0.3) is 0 Å². The summed E-state index contributed by atoms with van der Waals surface area (Å²) in [5.41, 5.74) is 5.22. The molecule has 0 aliphatic heterocycles. The lowest BCUT2D eigenvalue weighted by molar-refractivity contribution is 0.960. The second-order valence-electron chi connectivity index (χ2n) is 0.994. The van der Waals surface area contributed by atoms with Crippen molar-refractivity contribution in [1.82, 2.24) is 5.32 Å². The summed E-state index contributed by atoms with van der Waals surface area (Å²) < 4.78 is 0. The Hall–Kier alpha value is -0.660. The average molecular weight is 86.1 g/mol. The van der Waals surface area contributed by atoms with Gasteiger partial charge in [-0.25, -0.2) is 0 Å². The van der Waals surface area contributed by atoms with Crippen LogP contribution in [0.2, 0.25) is 0 Å². The molecular formula is C4H10N2. The first kappa shape index (κ1) is 5.34. The highest BCUT2D eigenvalue weighted by Crippen LogP contribution is 1.66. The van der Waals surface area contributed by atoms with E-state index in [0.29, 0.717) is 0 Å². The van der Waals surface area contributed by atoms with Gasteiger partial charge < -0.3 is 11.1 Å². The Bertz CT molecular complexity index is 56.6. The van der Waals surface area contributed by atoms with Gasteiger partial charge in [0.05, 0.1) is 5.82 Å². The minimum Gasteiger partial charge on any atom is -0.386 e. The highest BCUT2D eigenvalue weighted by Gasteiger charge is 1.69. The molecule has 6 heavy (non-hydrogen) atoms. The van der Waals surface area contributed by atoms with Gasteiger partial charge in [-0.1, -0.05) is 0 Å². The van der Waals surface area contributed by atoms with E-state index in [4.69, 9.17) is 5.73 Å². The van der Waals surface area contributed by atoms with Crippen molar-refractivity contribution in [3.63, 3.8) is 0 Å². The third kappa shape index (κ3) is 1.64. The first-order chi connectivity index (χ1) is 2.81. The molecule has 0 radical (unpaired) electrons. The van der Waals surface area contributed by atoms with Gasteiger partial charge in [-0.3, -0.25) is 0 Å². The van der Waals surface area contributed by atoms with Crippen LogP contribution in [0.15, 0.2) is 11.9 Å². The summed E-state index contributed by atoms with van der Waals surface area (Å²) in [6.07, 6.45) is 1.81. The smallest absolute Gasteiger partial charge is 0.0913 e. The minimum atomic E-state index is 0.718. The molecule has 0 aromatic heterocycles. The third-order valence-corrected chi connectivity index (χ3v) is 0.600. The van der Waals surface area contributed by atoms with Gasteiger partial charge in [0.25, 0.3) is 0 Å². The molecule has 0 rings (SSSR count). The molecule has 0 unspecified atom stereocenters. The lowest BCUT2D eigenvalue weighted by Crippen LogP contribution is -2.13. The predicted molar refractivity (Wildman–Crippen MR) is 27.0 cm³/mol. The monoisotopic (exact) mass is 86.1 g/mol. The molecule has 2 heteroatoms. The number of allylic oxidation sites excluding steroid dienone is 1. The first-order valence-corrected chi connectivity index (χ1v) is 1.90. The van der Waals surface area contributed by atoms with Crippen LogP contribution in [-0.4, -0.2) is 7.05 Å². The van der Waals surface area contributed by atoms with Crippen molar-refractivity contribution >= 4 is 0 Å². The maximum atomic E-state index is 5.22. The molecule has 0 atom stereocenters. The van der Waals surface area contributed by atoms with Crippen LogP contribution >= 0.6 is 0 Å². The largest absolute Gasteiger partial charge is 0.386 e. The van der Waals surface area contributed by atoms with Crippen LogP contribution in [0, 0.1) is 0 Å². The summed E-state index contributed by atoms with van der Waals surface area (Å²) in [4.78, 5) is 0. The van der Waals surface area contributed by atoms with Gasteiger partial charge in [0.15, 0.2) is 0 Å². The minimum absolute atomic E-state index is 0.718. The molecular weight excluding hydrogens is 76.1 g/mol. The van der Waals surface area contributed by atoms with Crippen molar-refractivity contribution in [3.05, 3.63) is 11.9 Å². The quantitative estimate of drug-likeness (QED) is 0.472. The van der Waals surface area contributed by atoms with Gasteiger partial charge in [-0.15, -0.1) is 0 Å². The zero-order valence-electron chi connectivity index (χ0n) is 4.15. The summed E-state index contributed by atoms with van der Waals surface area (Å²) in [5.74, 6) is 0.718. The number of nitrogens with one attached hydrogen (secondary N) is 1. The molecule has 36 valence electrons. The molecule has 0 aromatic carbocycles. The molecule has 0 amide bonds. The lowest BCUT2D eigenvalue weighted by atomic mass is 10.6. The molecule has 0 aromatic rings. The molecule has 0 saturated heterocycles. The maximum absolute atomic E-state index is 5.22. The Morgan fingerprint density at radius 2 is 2.33 bits per heavy atom. The second-order valence-corrected chi connectivity index (χ2v) is 0.994. The lowest BCUT2D eigenvalue weighted by Gasteiger charge is -1.92. The van der Waals surface area contributed by atoms with Crippen molar-refractivity contribution in [2.45, 2.75) is 6.92 Å². The van der Waals surface area contributed by atoms with E-state index in [1.165, 1.54) is 0 Å². The van der Waals surface area contributed by atoms with E-state index >= 15 is 0 Å². The van der Waals surface area contributed by atoms with E-state index in [9.17, 15) is 0 Å². The highest BCUT2D eigenvalue weighted by atomic mass is 14.9. The van der Waals surface area contributed by atoms with Crippen LogP contribution in [0.4, 0.5) is 0 Å². The summed E-state index contributed by atoms with van der Waals surface area (Å²) in [6, 6.07) is 0. The van der Waals surface area contributed by atoms with Gasteiger partial charge in [0.1, 0.15) is 0 Å². The first-order valence-electron chi connectivity index (χ1n) is 1.90. The molecule has 0 aliphatic rings. The van der Waals surface area contributed by atoms with Crippen LogP contribution in [-0.2, 0) is 0 Å². The third-order valence-electron chi connectivity index (χ3n) is 0.600. The molecule has 0 saturated carbocycles. The summed E-state index contributed by atoms with van der Waals surface area (Å²) in [6.45, 7) is 1.88. The predicted octanol–water partition coefficient (Wildman–Crippen LogP) is 0.0258. The molecule has 0 bridgehead atoms. The molecule has 0 spiro atoms. The summed E-state index contributed by atoms with van der Waals surface area (Å²) in [7, 11) is 1.79. The number of nitrogens with two attached hydrogens (primary N) is 1. The van der Waals surface area contributed by atoms with Gasteiger partial charge in [0, 0.05) is 7.05 Å². The van der Waals surface area contributed by atoms with Crippen molar-refractivity contribution in [1.29, 1.82) is 0 Å². The Morgan fingerprint density at radius 1 is 1.83 bits per heavy atom. The van der Waals surface area contributed by atoms with Crippen molar-refractivity contribution < 1.29 is 0 Å². The molecule has 0 aliphatic carbocycles. The van der Waals surface area contributed by atoms with E-state index in [1.807, 2.05) is 6.92 Å². The Morgan fingerprint density at radius 3 is 2.33 bits per heavy atom. The topological polar surface area (TPSA) is 38.0 Å². The number of rotatable bonds is 1. The van der Waals surface area contributed by atoms with Gasteiger partial charge in [-0.2, -0.15) is 0 Å². The van der Waals surface area contributed by atoms with Crippen LogP contribution in [0.1, 0.15) is 6.92 Å². The number of hydrogen-bond acceptors (Lipinski definition) is 2. The average Bonchev–Trinajstić information content (AvgIpc) is 1.65.